The van der Waals surface area contributed by atoms with Gasteiger partial charge in [-0.3, -0.25) is 4.57 Å². The fourth-order valence-electron chi connectivity index (χ4n) is 8.21. The molecule has 0 amide bonds. The van der Waals surface area contributed by atoms with Gasteiger partial charge >= 0.3 is 0 Å². The summed E-state index contributed by atoms with van der Waals surface area (Å²) in [6.07, 6.45) is 0. The summed E-state index contributed by atoms with van der Waals surface area (Å²) < 4.78 is 4.70. The van der Waals surface area contributed by atoms with Gasteiger partial charge in [-0.05, 0) is 52.6 Å². The van der Waals surface area contributed by atoms with Crippen LogP contribution < -0.4 is 0 Å². The molecule has 0 aliphatic carbocycles. The number of hydrogen-bond donors (Lipinski definition) is 0. The summed E-state index contributed by atoms with van der Waals surface area (Å²) in [7, 11) is 0. The van der Waals surface area contributed by atoms with Crippen molar-refractivity contribution >= 4 is 43.6 Å². The zero-order chi connectivity index (χ0) is 37.0. The van der Waals surface area contributed by atoms with Crippen molar-refractivity contribution < 1.29 is 0 Å². The summed E-state index contributed by atoms with van der Waals surface area (Å²) in [6.45, 7) is 0. The lowest BCUT2D eigenvalue weighted by Gasteiger charge is -2.15. The molecule has 3 aromatic heterocycles. The largest absolute Gasteiger partial charge is 0.307 e. The lowest BCUT2D eigenvalue weighted by Crippen LogP contribution is -2.07. The van der Waals surface area contributed by atoms with Crippen LogP contribution in [0.1, 0.15) is 0 Å². The average molecular weight is 716 g/mol. The van der Waals surface area contributed by atoms with E-state index in [0.717, 1.165) is 66.2 Å². The number of benzene rings is 8. The van der Waals surface area contributed by atoms with E-state index in [1.807, 2.05) is 36.4 Å². The van der Waals surface area contributed by atoms with E-state index >= 15 is 0 Å². The first-order chi connectivity index (χ1) is 27.8. The maximum absolute atomic E-state index is 5.27. The molecule has 0 aliphatic heterocycles. The Morgan fingerprint density at radius 1 is 0.286 bits per heavy atom. The van der Waals surface area contributed by atoms with Gasteiger partial charge in [0.1, 0.15) is 0 Å². The van der Waals surface area contributed by atoms with Crippen molar-refractivity contribution in [3.05, 3.63) is 200 Å². The highest BCUT2D eigenvalue weighted by molar-refractivity contribution is 6.23. The molecular formula is C51H33N5. The van der Waals surface area contributed by atoms with Crippen LogP contribution in [-0.4, -0.2) is 24.1 Å². The van der Waals surface area contributed by atoms with E-state index in [9.17, 15) is 0 Å². The summed E-state index contributed by atoms with van der Waals surface area (Å²) in [5, 5.41) is 4.59. The number of fused-ring (bicyclic) bond motifs is 7. The summed E-state index contributed by atoms with van der Waals surface area (Å²) in [5.74, 6) is 1.81. The highest BCUT2D eigenvalue weighted by atomic mass is 15.2. The van der Waals surface area contributed by atoms with E-state index in [0.29, 0.717) is 17.6 Å². The summed E-state index contributed by atoms with van der Waals surface area (Å²) in [6, 6.07) is 70.5. The second-order valence-corrected chi connectivity index (χ2v) is 14.1. The minimum atomic E-state index is 0.566. The minimum Gasteiger partial charge on any atom is -0.307 e. The minimum absolute atomic E-state index is 0.566. The Bertz CT molecular complexity index is 2890. The topological polar surface area (TPSA) is 48.5 Å². The van der Waals surface area contributed by atoms with Gasteiger partial charge in [-0.2, -0.15) is 9.97 Å². The number of rotatable bonds is 6. The second-order valence-electron chi connectivity index (χ2n) is 14.1. The molecule has 0 aliphatic rings. The number of aromatic nitrogens is 5. The molecule has 0 unspecified atom stereocenters. The quantitative estimate of drug-likeness (QED) is 0.172. The van der Waals surface area contributed by atoms with Crippen molar-refractivity contribution in [2.24, 2.45) is 0 Å². The highest BCUT2D eigenvalue weighted by Gasteiger charge is 2.24. The number of para-hydroxylation sites is 2. The Hall–Kier alpha value is -7.63. The van der Waals surface area contributed by atoms with Crippen molar-refractivity contribution in [2.75, 3.05) is 0 Å². The third-order valence-corrected chi connectivity index (χ3v) is 10.7. The smallest absolute Gasteiger partial charge is 0.238 e. The normalized spacial score (nSPS) is 11.6. The molecule has 5 heteroatoms. The standard InChI is InChI=1S/C51H33N5/c1-5-17-34(18-6-1)38-31-39(35-19-7-2-8-20-35)33-40(32-38)55-45-27-15-13-25-41(45)43-29-30-44-42-26-14-16-28-46(42)56(48(44)47(43)55)51-53-49(36-21-9-3-10-22-36)52-50(54-51)37-23-11-4-12-24-37/h1-33H. The van der Waals surface area contributed by atoms with Crippen molar-refractivity contribution in [3.8, 4) is 56.7 Å². The van der Waals surface area contributed by atoms with Crippen LogP contribution in [0.5, 0.6) is 0 Å². The predicted molar refractivity (Wildman–Crippen MR) is 230 cm³/mol. The average Bonchev–Trinajstić information content (AvgIpc) is 3.81. The molecule has 0 saturated carbocycles. The molecular weight excluding hydrogens is 683 g/mol. The molecule has 0 bridgehead atoms. The summed E-state index contributed by atoms with van der Waals surface area (Å²) in [5.41, 5.74) is 11.8. The van der Waals surface area contributed by atoms with Gasteiger partial charge in [0.25, 0.3) is 0 Å². The van der Waals surface area contributed by atoms with Crippen LogP contribution >= 0.6 is 0 Å². The first kappa shape index (κ1) is 31.9. The van der Waals surface area contributed by atoms with Gasteiger partial charge in [-0.15, -0.1) is 0 Å². The summed E-state index contributed by atoms with van der Waals surface area (Å²) >= 11 is 0. The predicted octanol–water partition coefficient (Wildman–Crippen LogP) is 12.7. The Labute approximate surface area is 323 Å². The lowest BCUT2D eigenvalue weighted by molar-refractivity contribution is 0.953. The van der Waals surface area contributed by atoms with Crippen LogP contribution in [0.2, 0.25) is 0 Å². The fourth-order valence-corrected chi connectivity index (χ4v) is 8.21. The first-order valence-corrected chi connectivity index (χ1v) is 18.9. The van der Waals surface area contributed by atoms with Crippen LogP contribution in [0.25, 0.3) is 100 Å². The van der Waals surface area contributed by atoms with E-state index in [1.165, 1.54) is 16.5 Å². The number of nitrogens with zero attached hydrogens (tertiary/aromatic N) is 5. The zero-order valence-corrected chi connectivity index (χ0v) is 30.3. The van der Waals surface area contributed by atoms with Gasteiger partial charge in [0.2, 0.25) is 5.95 Å². The summed E-state index contributed by atoms with van der Waals surface area (Å²) in [4.78, 5) is 15.6. The van der Waals surface area contributed by atoms with Gasteiger partial charge in [0, 0.05) is 38.4 Å². The van der Waals surface area contributed by atoms with Crippen LogP contribution in [0.4, 0.5) is 0 Å². The monoisotopic (exact) mass is 715 g/mol. The molecule has 5 nitrogen and oxygen atoms in total. The van der Waals surface area contributed by atoms with Crippen molar-refractivity contribution in [2.45, 2.75) is 0 Å². The maximum atomic E-state index is 5.27. The third kappa shape index (κ3) is 5.21. The SMILES string of the molecule is c1ccc(-c2cc(-c3ccccc3)cc(-n3c4ccccc4c4ccc5c6ccccc6n(-c6nc(-c7ccccc7)nc(-c7ccccc7)n6)c5c43)c2)cc1. The molecule has 56 heavy (non-hydrogen) atoms. The Morgan fingerprint density at radius 2 is 0.679 bits per heavy atom. The fraction of sp³-hybridized carbons (Fsp3) is 0. The Morgan fingerprint density at radius 3 is 1.16 bits per heavy atom. The van der Waals surface area contributed by atoms with Gasteiger partial charge < -0.3 is 4.57 Å². The molecule has 0 fully saturated rings. The van der Waals surface area contributed by atoms with Gasteiger partial charge in [-0.1, -0.05) is 170 Å². The first-order valence-electron chi connectivity index (χ1n) is 18.9. The van der Waals surface area contributed by atoms with E-state index in [1.54, 1.807) is 0 Å². The Balaban J connectivity index is 1.29. The molecule has 0 atom stereocenters. The molecule has 0 radical (unpaired) electrons. The highest BCUT2D eigenvalue weighted by Crippen LogP contribution is 2.42. The molecule has 0 N–H and O–H groups in total. The Kier molecular flexibility index (Phi) is 7.42. The zero-order valence-electron chi connectivity index (χ0n) is 30.3. The molecule has 3 heterocycles. The van der Waals surface area contributed by atoms with Gasteiger partial charge in [0.15, 0.2) is 11.6 Å². The van der Waals surface area contributed by atoms with Crippen molar-refractivity contribution in [1.29, 1.82) is 0 Å². The van der Waals surface area contributed by atoms with Gasteiger partial charge in [-0.25, -0.2) is 4.98 Å². The van der Waals surface area contributed by atoms with Crippen LogP contribution in [-0.2, 0) is 0 Å². The molecule has 262 valence electrons. The van der Waals surface area contributed by atoms with E-state index < -0.39 is 0 Å². The third-order valence-electron chi connectivity index (χ3n) is 10.7. The molecule has 8 aromatic carbocycles. The van der Waals surface area contributed by atoms with E-state index in [-0.39, 0.29) is 0 Å². The lowest BCUT2D eigenvalue weighted by atomic mass is 9.98. The second kappa shape index (κ2) is 13.0. The van der Waals surface area contributed by atoms with Crippen molar-refractivity contribution in [3.63, 3.8) is 0 Å². The molecule has 11 rings (SSSR count). The molecule has 0 spiro atoms. The van der Waals surface area contributed by atoms with E-state index in [2.05, 4.69) is 173 Å². The maximum Gasteiger partial charge on any atom is 0.238 e. The van der Waals surface area contributed by atoms with Crippen LogP contribution in [0, 0.1) is 0 Å². The number of hydrogen-bond acceptors (Lipinski definition) is 3. The van der Waals surface area contributed by atoms with Crippen LogP contribution in [0.3, 0.4) is 0 Å². The van der Waals surface area contributed by atoms with Gasteiger partial charge in [0.05, 0.1) is 22.1 Å². The van der Waals surface area contributed by atoms with Crippen molar-refractivity contribution in [1.82, 2.24) is 24.1 Å². The van der Waals surface area contributed by atoms with E-state index in [4.69, 9.17) is 15.0 Å². The molecule has 0 saturated heterocycles. The van der Waals surface area contributed by atoms with Crippen LogP contribution in [0.15, 0.2) is 200 Å². The molecule has 11 aromatic rings.